The molecule has 5 nitrogen and oxygen atoms in total. The van der Waals surface area contributed by atoms with Crippen LogP contribution in [0.15, 0.2) is 12.3 Å². The molecule has 0 rings (SSSR count). The molecule has 0 aliphatic heterocycles. The quantitative estimate of drug-likeness (QED) is 0.339. The number of nitro groups is 1. The number of nitrogens with zero attached hydrogens (tertiary/aromatic N) is 1. The summed E-state index contributed by atoms with van der Waals surface area (Å²) in [6.45, 7) is 0. The molecule has 0 spiro atoms. The Bertz CT molecular complexity index is 142. The Morgan fingerprint density at radius 1 is 1.55 bits per heavy atom. The Morgan fingerprint density at radius 3 is 2.45 bits per heavy atom. The first-order valence-corrected chi connectivity index (χ1v) is 3.06. The number of rotatable bonds is 5. The Labute approximate surface area is 64.8 Å². The molecule has 11 heavy (non-hydrogen) atoms. The van der Waals surface area contributed by atoms with Crippen LogP contribution in [-0.2, 0) is 9.47 Å². The molecule has 64 valence electrons. The summed E-state index contributed by atoms with van der Waals surface area (Å²) < 4.78 is 9.57. The minimum Gasteiger partial charge on any atom is -0.356 e. The fraction of sp³-hybridized carbons (Fsp3) is 0.667. The normalized spacial score (nSPS) is 11.2. The summed E-state index contributed by atoms with van der Waals surface area (Å²) in [4.78, 5) is 9.27. The van der Waals surface area contributed by atoms with E-state index in [9.17, 15) is 10.1 Å². The van der Waals surface area contributed by atoms with Crippen LogP contribution in [-0.4, -0.2) is 25.4 Å². The van der Waals surface area contributed by atoms with Crippen LogP contribution in [0.25, 0.3) is 0 Å². The smallest absolute Gasteiger partial charge is 0.230 e. The van der Waals surface area contributed by atoms with E-state index in [1.807, 2.05) is 0 Å². The molecule has 0 amide bonds. The second-order valence-electron chi connectivity index (χ2n) is 1.81. The molecule has 0 atom stereocenters. The molecule has 0 aromatic carbocycles. The van der Waals surface area contributed by atoms with Crippen LogP contribution in [0.5, 0.6) is 0 Å². The highest BCUT2D eigenvalue weighted by atomic mass is 16.7. The van der Waals surface area contributed by atoms with Gasteiger partial charge in [-0.2, -0.15) is 0 Å². The molecular weight excluding hydrogens is 150 g/mol. The summed E-state index contributed by atoms with van der Waals surface area (Å²) >= 11 is 0. The average Bonchev–Trinajstić information content (AvgIpc) is 1.98. The Balaban J connectivity index is 3.57. The van der Waals surface area contributed by atoms with Gasteiger partial charge in [-0.15, -0.1) is 0 Å². The second kappa shape index (κ2) is 5.82. The van der Waals surface area contributed by atoms with Gasteiger partial charge in [0.25, 0.3) is 0 Å². The highest BCUT2D eigenvalue weighted by Gasteiger charge is 2.01. The molecule has 0 radical (unpaired) electrons. The van der Waals surface area contributed by atoms with Gasteiger partial charge >= 0.3 is 0 Å². The summed E-state index contributed by atoms with van der Waals surface area (Å²) in [6, 6.07) is 0. The lowest BCUT2D eigenvalue weighted by Gasteiger charge is -2.08. The van der Waals surface area contributed by atoms with Gasteiger partial charge in [0.05, 0.1) is 4.92 Å². The molecule has 0 N–H and O–H groups in total. The van der Waals surface area contributed by atoms with Crippen LogP contribution in [0.1, 0.15) is 6.42 Å². The van der Waals surface area contributed by atoms with E-state index >= 15 is 0 Å². The van der Waals surface area contributed by atoms with Crippen molar-refractivity contribution >= 4 is 0 Å². The minimum atomic E-state index is -0.525. The van der Waals surface area contributed by atoms with E-state index in [1.54, 1.807) is 0 Å². The largest absolute Gasteiger partial charge is 0.356 e. The van der Waals surface area contributed by atoms with Gasteiger partial charge in [0, 0.05) is 20.6 Å². The summed E-state index contributed by atoms with van der Waals surface area (Å²) in [5.41, 5.74) is 0. The zero-order chi connectivity index (χ0) is 8.69. The second-order valence-corrected chi connectivity index (χ2v) is 1.81. The predicted octanol–water partition coefficient (Wildman–Crippen LogP) is 0.786. The van der Waals surface area contributed by atoms with Crippen molar-refractivity contribution in [2.24, 2.45) is 0 Å². The average molecular weight is 161 g/mol. The predicted molar refractivity (Wildman–Crippen MR) is 38.6 cm³/mol. The van der Waals surface area contributed by atoms with Crippen molar-refractivity contribution in [3.8, 4) is 0 Å². The number of hydrogen-bond donors (Lipinski definition) is 0. The minimum absolute atomic E-state index is 0.383. The zero-order valence-electron chi connectivity index (χ0n) is 6.52. The molecule has 0 unspecified atom stereocenters. The van der Waals surface area contributed by atoms with Gasteiger partial charge in [0.2, 0.25) is 6.20 Å². The van der Waals surface area contributed by atoms with Crippen molar-refractivity contribution in [2.45, 2.75) is 12.7 Å². The summed E-state index contributed by atoms with van der Waals surface area (Å²) in [5.74, 6) is 0. The van der Waals surface area contributed by atoms with Crippen LogP contribution >= 0.6 is 0 Å². The van der Waals surface area contributed by atoms with Crippen molar-refractivity contribution in [3.63, 3.8) is 0 Å². The van der Waals surface area contributed by atoms with Crippen molar-refractivity contribution in [1.29, 1.82) is 0 Å². The van der Waals surface area contributed by atoms with Crippen LogP contribution < -0.4 is 0 Å². The Kier molecular flexibility index (Phi) is 5.32. The lowest BCUT2D eigenvalue weighted by molar-refractivity contribution is -0.402. The standard InChI is InChI=1S/C6H11NO4/c1-10-6(11-2)4-3-5-7(8)9/h3,5-6H,4H2,1-2H3. The molecule has 5 heteroatoms. The van der Waals surface area contributed by atoms with Crippen LogP contribution in [0, 0.1) is 10.1 Å². The zero-order valence-corrected chi connectivity index (χ0v) is 6.52. The van der Waals surface area contributed by atoms with Gasteiger partial charge in [-0.3, -0.25) is 10.1 Å². The molecule has 0 heterocycles. The van der Waals surface area contributed by atoms with Gasteiger partial charge in [-0.25, -0.2) is 0 Å². The van der Waals surface area contributed by atoms with E-state index in [4.69, 9.17) is 9.47 Å². The highest BCUT2D eigenvalue weighted by molar-refractivity contribution is 4.73. The lowest BCUT2D eigenvalue weighted by Crippen LogP contribution is -2.11. The number of hydrogen-bond acceptors (Lipinski definition) is 4. The maximum atomic E-state index is 9.79. The lowest BCUT2D eigenvalue weighted by atomic mass is 10.4. The third kappa shape index (κ3) is 5.50. The summed E-state index contributed by atoms with van der Waals surface area (Å²) in [6.07, 6.45) is 2.24. The molecule has 0 saturated carbocycles. The maximum absolute atomic E-state index is 9.79. The fourth-order valence-electron chi connectivity index (χ4n) is 0.547. The molecule has 0 fully saturated rings. The van der Waals surface area contributed by atoms with Gasteiger partial charge < -0.3 is 9.47 Å². The summed E-state index contributed by atoms with van der Waals surface area (Å²) in [7, 11) is 2.96. The first-order valence-electron chi connectivity index (χ1n) is 3.06. The topological polar surface area (TPSA) is 61.6 Å². The van der Waals surface area contributed by atoms with E-state index < -0.39 is 11.2 Å². The van der Waals surface area contributed by atoms with E-state index in [-0.39, 0.29) is 0 Å². The molecule has 0 saturated heterocycles. The van der Waals surface area contributed by atoms with Crippen LogP contribution in [0.4, 0.5) is 0 Å². The molecule has 0 aromatic rings. The van der Waals surface area contributed by atoms with E-state index in [2.05, 4.69) is 0 Å². The third-order valence-electron chi connectivity index (χ3n) is 1.08. The first-order chi connectivity index (χ1) is 5.20. The van der Waals surface area contributed by atoms with Crippen molar-refractivity contribution < 1.29 is 14.4 Å². The van der Waals surface area contributed by atoms with Gasteiger partial charge in [0.15, 0.2) is 6.29 Å². The summed E-state index contributed by atoms with van der Waals surface area (Å²) in [5, 5.41) is 9.79. The maximum Gasteiger partial charge on any atom is 0.230 e. The Morgan fingerprint density at radius 2 is 2.09 bits per heavy atom. The third-order valence-corrected chi connectivity index (χ3v) is 1.08. The Hall–Kier alpha value is -0.940. The van der Waals surface area contributed by atoms with E-state index in [0.717, 1.165) is 6.20 Å². The van der Waals surface area contributed by atoms with Gasteiger partial charge in [-0.1, -0.05) is 0 Å². The first kappa shape index (κ1) is 10.1. The molecule has 0 aliphatic carbocycles. The van der Waals surface area contributed by atoms with E-state index in [0.29, 0.717) is 6.42 Å². The molecule has 0 aromatic heterocycles. The van der Waals surface area contributed by atoms with Crippen LogP contribution in [0.2, 0.25) is 0 Å². The fourth-order valence-corrected chi connectivity index (χ4v) is 0.547. The number of ether oxygens (including phenoxy) is 2. The van der Waals surface area contributed by atoms with Gasteiger partial charge in [0.1, 0.15) is 0 Å². The molecule has 0 aliphatic rings. The molecular formula is C6H11NO4. The van der Waals surface area contributed by atoms with Crippen LogP contribution in [0.3, 0.4) is 0 Å². The molecule has 0 bridgehead atoms. The SMILES string of the molecule is COC(CC=C[N+](=O)[O-])OC. The number of methoxy groups -OCH3 is 2. The highest BCUT2D eigenvalue weighted by Crippen LogP contribution is 1.97. The van der Waals surface area contributed by atoms with Crippen molar-refractivity contribution in [1.82, 2.24) is 0 Å². The monoisotopic (exact) mass is 161 g/mol. The van der Waals surface area contributed by atoms with E-state index in [1.165, 1.54) is 20.3 Å². The van der Waals surface area contributed by atoms with Crippen molar-refractivity contribution in [2.75, 3.05) is 14.2 Å². The van der Waals surface area contributed by atoms with Gasteiger partial charge in [-0.05, 0) is 6.08 Å². The van der Waals surface area contributed by atoms with Crippen molar-refractivity contribution in [3.05, 3.63) is 22.4 Å².